The van der Waals surface area contributed by atoms with Gasteiger partial charge in [-0.05, 0) is 18.4 Å². The summed E-state index contributed by atoms with van der Waals surface area (Å²) in [5, 5.41) is 8.96. The third kappa shape index (κ3) is 2.82. The van der Waals surface area contributed by atoms with E-state index in [1.807, 2.05) is 0 Å². The Kier molecular flexibility index (Phi) is 3.45. The van der Waals surface area contributed by atoms with Crippen molar-refractivity contribution < 1.29 is 18.6 Å². The number of alkyl halides is 2. The molecule has 0 saturated carbocycles. The van der Waals surface area contributed by atoms with E-state index in [0.717, 1.165) is 25.3 Å². The number of aliphatic hydroxyl groups is 1. The molecule has 0 aromatic heterocycles. The van der Waals surface area contributed by atoms with Crippen LogP contribution in [0.5, 0.6) is 0 Å². The number of halogens is 2. The van der Waals surface area contributed by atoms with Gasteiger partial charge in [-0.1, -0.05) is 24.3 Å². The van der Waals surface area contributed by atoms with E-state index >= 15 is 0 Å². The first-order valence-corrected chi connectivity index (χ1v) is 5.75. The third-order valence-electron chi connectivity index (χ3n) is 3.10. The van der Waals surface area contributed by atoms with E-state index in [4.69, 9.17) is 9.84 Å². The molecule has 2 atom stereocenters. The molecule has 0 bridgehead atoms. The van der Waals surface area contributed by atoms with Crippen LogP contribution in [0.3, 0.4) is 0 Å². The normalized spacial score (nSPS) is 25.2. The zero-order chi connectivity index (χ0) is 12.5. The molecule has 2 rings (SSSR count). The lowest BCUT2D eigenvalue weighted by molar-refractivity contribution is 0.0102. The van der Waals surface area contributed by atoms with Gasteiger partial charge in [-0.25, -0.2) is 8.78 Å². The topological polar surface area (TPSA) is 29.5 Å². The molecule has 4 heteroatoms. The summed E-state index contributed by atoms with van der Waals surface area (Å²) < 4.78 is 31.6. The molecular formula is C13H16F2O2. The van der Waals surface area contributed by atoms with Crippen molar-refractivity contribution in [1.82, 2.24) is 0 Å². The Hall–Kier alpha value is -1.00. The molecule has 1 fully saturated rings. The molecule has 0 spiro atoms. The van der Waals surface area contributed by atoms with Gasteiger partial charge in [0.15, 0.2) is 0 Å². The molecule has 1 aromatic rings. The minimum Gasteiger partial charge on any atom is -0.394 e. The fraction of sp³-hybridized carbons (Fsp3) is 0.538. The molecule has 0 radical (unpaired) electrons. The highest BCUT2D eigenvalue weighted by molar-refractivity contribution is 5.27. The van der Waals surface area contributed by atoms with Crippen molar-refractivity contribution in [2.24, 2.45) is 0 Å². The lowest BCUT2D eigenvalue weighted by Crippen LogP contribution is -2.11. The zero-order valence-electron chi connectivity index (χ0n) is 9.70. The summed E-state index contributed by atoms with van der Waals surface area (Å²) >= 11 is 0. The van der Waals surface area contributed by atoms with Gasteiger partial charge in [0.25, 0.3) is 5.92 Å². The monoisotopic (exact) mass is 242 g/mol. The number of hydrogen-bond acceptors (Lipinski definition) is 2. The maximum Gasteiger partial charge on any atom is 0.270 e. The van der Waals surface area contributed by atoms with Crippen LogP contribution in [0.4, 0.5) is 8.78 Å². The second-order valence-electron chi connectivity index (χ2n) is 4.52. The highest BCUT2D eigenvalue weighted by Crippen LogP contribution is 2.34. The minimum absolute atomic E-state index is 0.0120. The molecule has 1 saturated heterocycles. The smallest absolute Gasteiger partial charge is 0.270 e. The Labute approximate surface area is 99.2 Å². The largest absolute Gasteiger partial charge is 0.394 e. The zero-order valence-corrected chi connectivity index (χ0v) is 9.70. The Morgan fingerprint density at radius 2 is 1.94 bits per heavy atom. The maximum atomic E-state index is 13.0. The lowest BCUT2D eigenvalue weighted by atomic mass is 10.0. The molecule has 1 heterocycles. The number of aliphatic hydroxyl groups excluding tert-OH is 1. The summed E-state index contributed by atoms with van der Waals surface area (Å²) in [6.45, 7) is 0.900. The summed E-state index contributed by atoms with van der Waals surface area (Å²) in [6, 6.07) is 6.23. The van der Waals surface area contributed by atoms with Crippen LogP contribution in [0.15, 0.2) is 24.3 Å². The number of hydrogen-bond donors (Lipinski definition) is 1. The van der Waals surface area contributed by atoms with E-state index in [1.54, 1.807) is 12.1 Å². The molecule has 0 aliphatic carbocycles. The predicted octanol–water partition coefficient (Wildman–Crippen LogP) is 3.01. The number of benzene rings is 1. The van der Waals surface area contributed by atoms with Crippen LogP contribution in [-0.4, -0.2) is 17.8 Å². The van der Waals surface area contributed by atoms with Gasteiger partial charge in [0, 0.05) is 12.5 Å². The Balaban J connectivity index is 2.09. The van der Waals surface area contributed by atoms with Crippen molar-refractivity contribution in [3.63, 3.8) is 0 Å². The van der Waals surface area contributed by atoms with Gasteiger partial charge in [0.05, 0.1) is 18.8 Å². The van der Waals surface area contributed by atoms with E-state index in [-0.39, 0.29) is 24.4 Å². The molecule has 1 aromatic carbocycles. The SMILES string of the molecule is CC(F)(F)c1ccc([C@@H]2CC[C@H](CO)O2)cc1. The van der Waals surface area contributed by atoms with Crippen LogP contribution in [0.2, 0.25) is 0 Å². The Morgan fingerprint density at radius 1 is 1.29 bits per heavy atom. The molecule has 0 unspecified atom stereocenters. The first-order valence-electron chi connectivity index (χ1n) is 5.75. The van der Waals surface area contributed by atoms with Crippen LogP contribution < -0.4 is 0 Å². The molecule has 2 nitrogen and oxygen atoms in total. The van der Waals surface area contributed by atoms with Crippen LogP contribution in [0.25, 0.3) is 0 Å². The van der Waals surface area contributed by atoms with Gasteiger partial charge in [-0.15, -0.1) is 0 Å². The summed E-state index contributed by atoms with van der Waals surface area (Å²) in [7, 11) is 0. The van der Waals surface area contributed by atoms with Gasteiger partial charge in [0.1, 0.15) is 0 Å². The van der Waals surface area contributed by atoms with Gasteiger partial charge in [0.2, 0.25) is 0 Å². The maximum absolute atomic E-state index is 13.0. The van der Waals surface area contributed by atoms with Gasteiger partial charge < -0.3 is 9.84 Å². The molecule has 17 heavy (non-hydrogen) atoms. The standard InChI is InChI=1S/C13H16F2O2/c1-13(14,15)10-4-2-9(3-5-10)12-7-6-11(8-16)17-12/h2-5,11-12,16H,6-8H2,1H3/t11-,12+/m1/s1. The third-order valence-corrected chi connectivity index (χ3v) is 3.10. The summed E-state index contributed by atoms with van der Waals surface area (Å²) in [6.07, 6.45) is 1.44. The molecule has 0 amide bonds. The molecular weight excluding hydrogens is 226 g/mol. The van der Waals surface area contributed by atoms with Crippen molar-refractivity contribution in [1.29, 1.82) is 0 Å². The highest BCUT2D eigenvalue weighted by Gasteiger charge is 2.27. The first kappa shape index (κ1) is 12.5. The minimum atomic E-state index is -2.80. The van der Waals surface area contributed by atoms with Crippen LogP contribution in [0.1, 0.15) is 37.0 Å². The second-order valence-corrected chi connectivity index (χ2v) is 4.52. The fourth-order valence-electron chi connectivity index (χ4n) is 2.08. The second kappa shape index (κ2) is 4.70. The molecule has 1 aliphatic rings. The van der Waals surface area contributed by atoms with Crippen molar-refractivity contribution in [3.05, 3.63) is 35.4 Å². The van der Waals surface area contributed by atoms with E-state index < -0.39 is 5.92 Å². The van der Waals surface area contributed by atoms with Crippen LogP contribution in [0, 0.1) is 0 Å². The van der Waals surface area contributed by atoms with E-state index in [0.29, 0.717) is 0 Å². The summed E-state index contributed by atoms with van der Waals surface area (Å²) in [5.41, 5.74) is 0.909. The summed E-state index contributed by atoms with van der Waals surface area (Å²) in [4.78, 5) is 0. The predicted molar refractivity (Wildman–Crippen MR) is 59.9 cm³/mol. The summed E-state index contributed by atoms with van der Waals surface area (Å²) in [5.74, 6) is -2.80. The van der Waals surface area contributed by atoms with Crippen molar-refractivity contribution >= 4 is 0 Å². The van der Waals surface area contributed by atoms with Crippen molar-refractivity contribution in [3.8, 4) is 0 Å². The van der Waals surface area contributed by atoms with Crippen LogP contribution >= 0.6 is 0 Å². The van der Waals surface area contributed by atoms with Crippen molar-refractivity contribution in [2.75, 3.05) is 6.61 Å². The average molecular weight is 242 g/mol. The van der Waals surface area contributed by atoms with Crippen LogP contribution in [-0.2, 0) is 10.7 Å². The van der Waals surface area contributed by atoms with E-state index in [9.17, 15) is 8.78 Å². The van der Waals surface area contributed by atoms with Gasteiger partial charge >= 0.3 is 0 Å². The number of rotatable bonds is 3. The van der Waals surface area contributed by atoms with Gasteiger partial charge in [-0.3, -0.25) is 0 Å². The van der Waals surface area contributed by atoms with E-state index in [1.165, 1.54) is 12.1 Å². The molecule has 1 N–H and O–H groups in total. The van der Waals surface area contributed by atoms with Crippen molar-refractivity contribution in [2.45, 2.75) is 37.9 Å². The molecule has 94 valence electrons. The fourth-order valence-corrected chi connectivity index (χ4v) is 2.08. The number of ether oxygens (including phenoxy) is 1. The Bertz CT molecular complexity index is 370. The Morgan fingerprint density at radius 3 is 2.41 bits per heavy atom. The van der Waals surface area contributed by atoms with E-state index in [2.05, 4.69) is 0 Å². The van der Waals surface area contributed by atoms with Gasteiger partial charge in [-0.2, -0.15) is 0 Å². The lowest BCUT2D eigenvalue weighted by Gasteiger charge is -2.15. The average Bonchev–Trinajstić information content (AvgIpc) is 2.76. The highest BCUT2D eigenvalue weighted by atomic mass is 19.3. The first-order chi connectivity index (χ1) is 8.00. The quantitative estimate of drug-likeness (QED) is 0.882. The molecule has 1 aliphatic heterocycles.